The van der Waals surface area contributed by atoms with Gasteiger partial charge in [0, 0.05) is 19.1 Å². The Morgan fingerprint density at radius 2 is 2.29 bits per heavy atom. The first-order valence-electron chi connectivity index (χ1n) is 6.52. The number of likely N-dealkylation sites (tertiary alicyclic amines) is 1. The van der Waals surface area contributed by atoms with Crippen LogP contribution in [-0.4, -0.2) is 40.9 Å². The lowest BCUT2D eigenvalue weighted by molar-refractivity contribution is 0.203. The number of rotatable bonds is 3. The van der Waals surface area contributed by atoms with E-state index in [9.17, 15) is 0 Å². The third-order valence-electron chi connectivity index (χ3n) is 4.34. The lowest BCUT2D eigenvalue weighted by atomic mass is 9.93. The maximum absolute atomic E-state index is 4.78. The van der Waals surface area contributed by atoms with Crippen LogP contribution in [0.2, 0.25) is 0 Å². The Hall–Kier alpha value is -0.940. The fourth-order valence-corrected chi connectivity index (χ4v) is 3.44. The highest BCUT2D eigenvalue weighted by Crippen LogP contribution is 2.35. The molecule has 3 unspecified atom stereocenters. The molecule has 0 amide bonds. The first kappa shape index (κ1) is 11.2. The maximum Gasteiger partial charge on any atom is 0.122 e. The molecular weight excluding hydrogens is 216 g/mol. The molecule has 94 valence electrons. The maximum atomic E-state index is 4.78. The van der Waals surface area contributed by atoms with Crippen molar-refractivity contribution in [2.45, 2.75) is 32.9 Å². The number of nitrogens with zero attached hydrogens (tertiary/aromatic N) is 3. The summed E-state index contributed by atoms with van der Waals surface area (Å²) in [6, 6.07) is 0.686. The van der Waals surface area contributed by atoms with E-state index in [0.29, 0.717) is 6.04 Å². The fourth-order valence-electron chi connectivity index (χ4n) is 3.44. The molecule has 0 saturated carbocycles. The highest BCUT2D eigenvalue weighted by atomic mass is 16.6. The average Bonchev–Trinajstić information content (AvgIpc) is 2.96. The molecule has 0 aliphatic carbocycles. The molecule has 0 radical (unpaired) electrons. The van der Waals surface area contributed by atoms with Gasteiger partial charge in [-0.1, -0.05) is 17.2 Å². The van der Waals surface area contributed by atoms with Crippen molar-refractivity contribution in [1.29, 1.82) is 0 Å². The molecular formula is C12H20N4O. The zero-order valence-electron chi connectivity index (χ0n) is 10.5. The van der Waals surface area contributed by atoms with Crippen LogP contribution in [0.4, 0.5) is 0 Å². The van der Waals surface area contributed by atoms with Gasteiger partial charge in [-0.2, -0.15) is 0 Å². The SMILES string of the molecule is CCC1C2CNCC2CN1Cc1nonc1C. The van der Waals surface area contributed by atoms with Gasteiger partial charge in [0.05, 0.1) is 0 Å². The third kappa shape index (κ3) is 1.87. The molecule has 2 saturated heterocycles. The van der Waals surface area contributed by atoms with Crippen molar-refractivity contribution in [2.24, 2.45) is 11.8 Å². The number of nitrogens with one attached hydrogen (secondary N) is 1. The Bertz CT molecular complexity index is 392. The summed E-state index contributed by atoms with van der Waals surface area (Å²) in [5.41, 5.74) is 1.92. The molecule has 2 fully saturated rings. The minimum absolute atomic E-state index is 0.686. The van der Waals surface area contributed by atoms with Crippen molar-refractivity contribution >= 4 is 0 Å². The summed E-state index contributed by atoms with van der Waals surface area (Å²) in [5.74, 6) is 1.64. The van der Waals surface area contributed by atoms with Crippen molar-refractivity contribution in [3.8, 4) is 0 Å². The van der Waals surface area contributed by atoms with Gasteiger partial charge in [-0.15, -0.1) is 0 Å². The Morgan fingerprint density at radius 1 is 1.41 bits per heavy atom. The summed E-state index contributed by atoms with van der Waals surface area (Å²) in [4.78, 5) is 2.56. The molecule has 5 nitrogen and oxygen atoms in total. The van der Waals surface area contributed by atoms with Crippen LogP contribution in [0, 0.1) is 18.8 Å². The van der Waals surface area contributed by atoms with E-state index in [1.807, 2.05) is 6.92 Å². The quantitative estimate of drug-likeness (QED) is 0.841. The number of hydrogen-bond donors (Lipinski definition) is 1. The second-order valence-corrected chi connectivity index (χ2v) is 5.28. The predicted octanol–water partition coefficient (Wildman–Crippen LogP) is 0.808. The van der Waals surface area contributed by atoms with Gasteiger partial charge in [-0.25, -0.2) is 4.63 Å². The van der Waals surface area contributed by atoms with E-state index < -0.39 is 0 Å². The monoisotopic (exact) mass is 236 g/mol. The van der Waals surface area contributed by atoms with Crippen LogP contribution in [0.5, 0.6) is 0 Å². The van der Waals surface area contributed by atoms with Crippen LogP contribution in [-0.2, 0) is 6.54 Å². The molecule has 2 aliphatic heterocycles. The molecule has 0 aromatic carbocycles. The van der Waals surface area contributed by atoms with Crippen LogP contribution in [0.3, 0.4) is 0 Å². The van der Waals surface area contributed by atoms with E-state index >= 15 is 0 Å². The standard InChI is InChI=1S/C12H20N4O/c1-3-12-10-5-13-4-9(10)6-16(12)7-11-8(2)14-17-15-11/h9-10,12-13H,3-7H2,1-2H3. The molecule has 5 heteroatoms. The Balaban J connectivity index is 1.73. The molecule has 2 aliphatic rings. The van der Waals surface area contributed by atoms with Crippen LogP contribution in [0.25, 0.3) is 0 Å². The number of fused-ring (bicyclic) bond motifs is 1. The van der Waals surface area contributed by atoms with Crippen LogP contribution in [0.15, 0.2) is 4.63 Å². The largest absolute Gasteiger partial charge is 0.316 e. The molecule has 3 atom stereocenters. The van der Waals surface area contributed by atoms with Gasteiger partial charge < -0.3 is 5.32 Å². The second-order valence-electron chi connectivity index (χ2n) is 5.28. The molecule has 1 aromatic rings. The van der Waals surface area contributed by atoms with Gasteiger partial charge in [0.15, 0.2) is 0 Å². The lowest BCUT2D eigenvalue weighted by Gasteiger charge is -2.25. The summed E-state index contributed by atoms with van der Waals surface area (Å²) in [6.07, 6.45) is 1.22. The summed E-state index contributed by atoms with van der Waals surface area (Å²) >= 11 is 0. The number of aromatic nitrogens is 2. The normalized spacial score (nSPS) is 33.2. The van der Waals surface area contributed by atoms with E-state index in [0.717, 1.165) is 29.8 Å². The minimum atomic E-state index is 0.686. The van der Waals surface area contributed by atoms with E-state index in [1.54, 1.807) is 0 Å². The minimum Gasteiger partial charge on any atom is -0.316 e. The van der Waals surface area contributed by atoms with Crippen molar-refractivity contribution < 1.29 is 4.63 Å². The van der Waals surface area contributed by atoms with Crippen LogP contribution < -0.4 is 5.32 Å². The Labute approximate surface area is 102 Å². The van der Waals surface area contributed by atoms with Gasteiger partial charge in [0.2, 0.25) is 0 Å². The molecule has 0 spiro atoms. The first-order valence-corrected chi connectivity index (χ1v) is 6.52. The summed E-state index contributed by atoms with van der Waals surface area (Å²) in [7, 11) is 0. The second kappa shape index (κ2) is 4.38. The number of hydrogen-bond acceptors (Lipinski definition) is 5. The van der Waals surface area contributed by atoms with Crippen molar-refractivity contribution in [1.82, 2.24) is 20.5 Å². The number of aryl methyl sites for hydroxylation is 1. The first-order chi connectivity index (χ1) is 8.29. The molecule has 1 aromatic heterocycles. The van der Waals surface area contributed by atoms with E-state index in [1.165, 1.54) is 26.1 Å². The lowest BCUT2D eigenvalue weighted by Crippen LogP contribution is -2.34. The predicted molar refractivity (Wildman–Crippen MR) is 63.4 cm³/mol. The summed E-state index contributed by atoms with van der Waals surface area (Å²) in [6.45, 7) is 8.67. The summed E-state index contributed by atoms with van der Waals surface area (Å²) < 4.78 is 4.78. The molecule has 17 heavy (non-hydrogen) atoms. The van der Waals surface area contributed by atoms with Crippen molar-refractivity contribution in [3.05, 3.63) is 11.4 Å². The van der Waals surface area contributed by atoms with E-state index in [2.05, 4.69) is 27.5 Å². The molecule has 0 bridgehead atoms. The highest BCUT2D eigenvalue weighted by Gasteiger charge is 2.43. The zero-order chi connectivity index (χ0) is 11.8. The Kier molecular flexibility index (Phi) is 2.88. The van der Waals surface area contributed by atoms with Gasteiger partial charge in [-0.05, 0) is 38.3 Å². The van der Waals surface area contributed by atoms with E-state index in [4.69, 9.17) is 4.63 Å². The third-order valence-corrected chi connectivity index (χ3v) is 4.34. The van der Waals surface area contributed by atoms with Crippen molar-refractivity contribution in [3.63, 3.8) is 0 Å². The molecule has 3 heterocycles. The highest BCUT2D eigenvalue weighted by molar-refractivity contribution is 5.07. The van der Waals surface area contributed by atoms with Gasteiger partial charge in [-0.3, -0.25) is 4.90 Å². The smallest absolute Gasteiger partial charge is 0.122 e. The fraction of sp³-hybridized carbons (Fsp3) is 0.833. The van der Waals surface area contributed by atoms with Gasteiger partial charge >= 0.3 is 0 Å². The topological polar surface area (TPSA) is 54.2 Å². The average molecular weight is 236 g/mol. The van der Waals surface area contributed by atoms with Crippen LogP contribution in [0.1, 0.15) is 24.7 Å². The van der Waals surface area contributed by atoms with E-state index in [-0.39, 0.29) is 0 Å². The molecule has 3 rings (SSSR count). The van der Waals surface area contributed by atoms with Gasteiger partial charge in [0.1, 0.15) is 11.4 Å². The van der Waals surface area contributed by atoms with Gasteiger partial charge in [0.25, 0.3) is 0 Å². The zero-order valence-corrected chi connectivity index (χ0v) is 10.5. The van der Waals surface area contributed by atoms with Crippen LogP contribution >= 0.6 is 0 Å². The summed E-state index contributed by atoms with van der Waals surface area (Å²) in [5, 5.41) is 11.4. The Morgan fingerprint density at radius 3 is 3.00 bits per heavy atom. The van der Waals surface area contributed by atoms with Crippen molar-refractivity contribution in [2.75, 3.05) is 19.6 Å². The molecule has 1 N–H and O–H groups in total.